The molecular weight excluding hydrogens is 302 g/mol. The van der Waals surface area contributed by atoms with Gasteiger partial charge in [0, 0.05) is 24.2 Å². The Labute approximate surface area is 139 Å². The molecule has 0 atom stereocenters. The number of hydrogen-bond acceptors (Lipinski definition) is 4. The molecule has 5 nitrogen and oxygen atoms in total. The molecule has 24 heavy (non-hydrogen) atoms. The fraction of sp³-hybridized carbons (Fsp3) is 0.105. The Kier molecular flexibility index (Phi) is 4.27. The maximum Gasteiger partial charge on any atom is 0.218 e. The highest BCUT2D eigenvalue weighted by molar-refractivity contribution is 5.74. The van der Waals surface area contributed by atoms with Crippen LogP contribution in [0.5, 0.6) is 11.6 Å². The van der Waals surface area contributed by atoms with Crippen LogP contribution in [0.2, 0.25) is 0 Å². The lowest BCUT2D eigenvalue weighted by Gasteiger charge is -2.06. The van der Waals surface area contributed by atoms with E-state index >= 15 is 0 Å². The summed E-state index contributed by atoms with van der Waals surface area (Å²) in [5.74, 6) is 1.19. The van der Waals surface area contributed by atoms with Crippen molar-refractivity contribution < 1.29 is 9.53 Å². The Morgan fingerprint density at radius 2 is 2.12 bits per heavy atom. The monoisotopic (exact) mass is 315 g/mol. The largest absolute Gasteiger partial charge is 0.439 e. The molecule has 0 radical (unpaired) electrons. The molecule has 0 spiro atoms. The molecule has 0 amide bonds. The first-order chi connectivity index (χ1) is 11.7. The third-order valence-electron chi connectivity index (χ3n) is 3.42. The lowest BCUT2D eigenvalue weighted by molar-refractivity contribution is 0.112. The molecule has 0 saturated carbocycles. The molecule has 3 rings (SSSR count). The Morgan fingerprint density at radius 3 is 2.79 bits per heavy atom. The zero-order chi connectivity index (χ0) is 16.9. The summed E-state index contributed by atoms with van der Waals surface area (Å²) in [4.78, 5) is 10.7. The molecule has 0 aliphatic heterocycles. The number of nitriles is 1. The molecule has 2 aromatic carbocycles. The highest BCUT2D eigenvalue weighted by Gasteiger charge is 2.11. The van der Waals surface area contributed by atoms with Crippen LogP contribution in [0.4, 0.5) is 0 Å². The summed E-state index contributed by atoms with van der Waals surface area (Å²) in [5.41, 5.74) is 2.43. The van der Waals surface area contributed by atoms with Gasteiger partial charge >= 0.3 is 0 Å². The predicted octanol–water partition coefficient (Wildman–Crippen LogP) is 3.65. The molecular formula is C19H13N3O2. The maximum absolute atomic E-state index is 10.7. The van der Waals surface area contributed by atoms with Gasteiger partial charge in [-0.1, -0.05) is 12.1 Å². The second-order valence-corrected chi connectivity index (χ2v) is 5.01. The minimum atomic E-state index is 0.502. The molecule has 0 unspecified atom stereocenters. The van der Waals surface area contributed by atoms with Gasteiger partial charge in [0.15, 0.2) is 0 Å². The van der Waals surface area contributed by atoms with Crippen LogP contribution in [0.25, 0.3) is 11.3 Å². The molecule has 116 valence electrons. The Hall–Kier alpha value is -3.57. The van der Waals surface area contributed by atoms with E-state index in [0.29, 0.717) is 40.6 Å². The van der Waals surface area contributed by atoms with Gasteiger partial charge in [-0.2, -0.15) is 10.4 Å². The van der Waals surface area contributed by atoms with Crippen LogP contribution in [0.15, 0.2) is 42.5 Å². The second kappa shape index (κ2) is 6.68. The molecule has 5 heteroatoms. The van der Waals surface area contributed by atoms with Crippen LogP contribution >= 0.6 is 0 Å². The van der Waals surface area contributed by atoms with Gasteiger partial charge in [0.2, 0.25) is 5.88 Å². The Morgan fingerprint density at radius 1 is 1.33 bits per heavy atom. The van der Waals surface area contributed by atoms with Crippen LogP contribution in [0.1, 0.15) is 22.8 Å². The molecule has 1 heterocycles. The molecule has 1 aromatic heterocycles. The smallest absolute Gasteiger partial charge is 0.218 e. The zero-order valence-corrected chi connectivity index (χ0v) is 13.0. The molecule has 0 aliphatic rings. The van der Waals surface area contributed by atoms with E-state index < -0.39 is 0 Å². The topological polar surface area (TPSA) is 67.9 Å². The van der Waals surface area contributed by atoms with Crippen LogP contribution in [-0.2, 0) is 6.54 Å². The second-order valence-electron chi connectivity index (χ2n) is 5.01. The van der Waals surface area contributed by atoms with Gasteiger partial charge in [0.05, 0.1) is 17.2 Å². The predicted molar refractivity (Wildman–Crippen MR) is 87.6 cm³/mol. The molecule has 0 saturated heterocycles. The normalized spacial score (nSPS) is 9.83. The number of carbonyl (C=O) groups is 1. The number of hydrogen-bond donors (Lipinski definition) is 0. The van der Waals surface area contributed by atoms with Crippen molar-refractivity contribution in [3.63, 3.8) is 0 Å². The van der Waals surface area contributed by atoms with Crippen molar-refractivity contribution in [1.29, 1.82) is 5.26 Å². The summed E-state index contributed by atoms with van der Waals surface area (Å²) in [6.07, 6.45) is 0.784. The third kappa shape index (κ3) is 3.11. The van der Waals surface area contributed by atoms with E-state index in [-0.39, 0.29) is 0 Å². The average molecular weight is 315 g/mol. The van der Waals surface area contributed by atoms with Crippen LogP contribution in [0.3, 0.4) is 0 Å². The first-order valence-electron chi connectivity index (χ1n) is 7.38. The van der Waals surface area contributed by atoms with E-state index in [9.17, 15) is 4.79 Å². The van der Waals surface area contributed by atoms with Crippen molar-refractivity contribution in [3.05, 3.63) is 65.7 Å². The SMILES string of the molecule is CCn1nc(-c2c#ccc(C#N)c2)cc1Oc1ccc(C=O)cc1. The number of aromatic nitrogens is 2. The lowest BCUT2D eigenvalue weighted by Crippen LogP contribution is -1.99. The number of carbonyl (C=O) groups excluding carboxylic acids is 1. The molecule has 0 fully saturated rings. The van der Waals surface area contributed by atoms with Crippen molar-refractivity contribution >= 4 is 6.29 Å². The van der Waals surface area contributed by atoms with Crippen molar-refractivity contribution in [2.24, 2.45) is 0 Å². The highest BCUT2D eigenvalue weighted by atomic mass is 16.5. The van der Waals surface area contributed by atoms with E-state index in [4.69, 9.17) is 10.00 Å². The van der Waals surface area contributed by atoms with Crippen molar-refractivity contribution in [2.45, 2.75) is 13.5 Å². The molecule has 0 bridgehead atoms. The molecule has 3 aromatic rings. The quantitative estimate of drug-likeness (QED) is 0.674. The van der Waals surface area contributed by atoms with Crippen LogP contribution < -0.4 is 4.74 Å². The van der Waals surface area contributed by atoms with Gasteiger partial charge in [-0.25, -0.2) is 4.68 Å². The van der Waals surface area contributed by atoms with E-state index in [1.165, 1.54) is 0 Å². The van der Waals surface area contributed by atoms with Crippen LogP contribution in [-0.4, -0.2) is 16.1 Å². The maximum atomic E-state index is 10.7. The molecule has 0 aliphatic carbocycles. The first kappa shape index (κ1) is 15.3. The Balaban J connectivity index is 1.92. The first-order valence-corrected chi connectivity index (χ1v) is 7.38. The number of rotatable bonds is 5. The summed E-state index contributed by atoms with van der Waals surface area (Å²) in [5, 5.41) is 13.5. The fourth-order valence-electron chi connectivity index (χ4n) is 2.20. The average Bonchev–Trinajstić information content (AvgIpc) is 3.05. The van der Waals surface area contributed by atoms with Gasteiger partial charge in [-0.15, -0.1) is 0 Å². The summed E-state index contributed by atoms with van der Waals surface area (Å²) >= 11 is 0. The minimum absolute atomic E-state index is 0.502. The number of nitrogens with zero attached hydrogens (tertiary/aromatic N) is 3. The lowest BCUT2D eigenvalue weighted by atomic mass is 10.1. The molecule has 0 N–H and O–H groups in total. The van der Waals surface area contributed by atoms with Crippen molar-refractivity contribution in [3.8, 4) is 29.0 Å². The Bertz CT molecular complexity index is 905. The number of aldehydes is 1. The van der Waals surface area contributed by atoms with Gasteiger partial charge in [-0.3, -0.25) is 4.79 Å². The summed E-state index contributed by atoms with van der Waals surface area (Å²) in [6, 6.07) is 19.8. The number of benzene rings is 1. The van der Waals surface area contributed by atoms with Gasteiger partial charge in [0.25, 0.3) is 0 Å². The van der Waals surface area contributed by atoms with Gasteiger partial charge in [0.1, 0.15) is 17.7 Å². The summed E-state index contributed by atoms with van der Waals surface area (Å²) < 4.78 is 7.57. The highest BCUT2D eigenvalue weighted by Crippen LogP contribution is 2.27. The van der Waals surface area contributed by atoms with E-state index in [1.807, 2.05) is 6.92 Å². The third-order valence-corrected chi connectivity index (χ3v) is 3.42. The zero-order valence-electron chi connectivity index (χ0n) is 13.0. The van der Waals surface area contributed by atoms with Crippen LogP contribution in [0, 0.1) is 23.5 Å². The van der Waals surface area contributed by atoms with Crippen molar-refractivity contribution in [2.75, 3.05) is 0 Å². The fourth-order valence-corrected chi connectivity index (χ4v) is 2.20. The number of aryl methyl sites for hydroxylation is 1. The summed E-state index contributed by atoms with van der Waals surface area (Å²) in [7, 11) is 0. The van der Waals surface area contributed by atoms with Gasteiger partial charge < -0.3 is 4.74 Å². The van der Waals surface area contributed by atoms with Crippen molar-refractivity contribution in [1.82, 2.24) is 9.78 Å². The standard InChI is InChI=1S/C19H13N3O2/c1-2-22-19(24-17-8-6-14(13-23)7-9-17)11-18(21-22)16-5-3-4-15(10-16)12-20/h4,6-11,13H,2H2,1H3. The minimum Gasteiger partial charge on any atom is -0.439 e. The van der Waals surface area contributed by atoms with E-state index in [0.717, 1.165) is 6.29 Å². The van der Waals surface area contributed by atoms with E-state index in [1.54, 1.807) is 47.1 Å². The number of ether oxygens (including phenoxy) is 1. The van der Waals surface area contributed by atoms with Gasteiger partial charge in [-0.05, 0) is 37.3 Å². The summed E-state index contributed by atoms with van der Waals surface area (Å²) in [6.45, 7) is 2.59. The van der Waals surface area contributed by atoms with E-state index in [2.05, 4.69) is 23.3 Å².